The Labute approximate surface area is 104 Å². The lowest BCUT2D eigenvalue weighted by atomic mass is 9.56. The van der Waals surface area contributed by atoms with Crippen LogP contribution >= 0.6 is 0 Å². The summed E-state index contributed by atoms with van der Waals surface area (Å²) in [5, 5.41) is 10.5. The number of carbonyl (C=O) groups is 1. The van der Waals surface area contributed by atoms with Crippen molar-refractivity contribution in [3.63, 3.8) is 0 Å². The Hall–Kier alpha value is -0.630. The third kappa shape index (κ3) is 2.20. The summed E-state index contributed by atoms with van der Waals surface area (Å²) in [6.45, 7) is 9.82. The maximum absolute atomic E-state index is 11.9. The summed E-state index contributed by atoms with van der Waals surface area (Å²) in [5.41, 5.74) is 0.269. The molecule has 2 aliphatic rings. The number of ketones is 1. The zero-order chi connectivity index (χ0) is 12.8. The highest BCUT2D eigenvalue weighted by atomic mass is 16.3. The Morgan fingerprint density at radius 2 is 2.12 bits per heavy atom. The van der Waals surface area contributed by atoms with Crippen LogP contribution in [0.1, 0.15) is 46.5 Å². The Morgan fingerprint density at radius 3 is 2.71 bits per heavy atom. The third-order valence-electron chi connectivity index (χ3n) is 4.81. The number of aliphatic hydroxyl groups is 1. The van der Waals surface area contributed by atoms with Gasteiger partial charge in [-0.25, -0.2) is 0 Å². The molecule has 17 heavy (non-hydrogen) atoms. The molecule has 0 amide bonds. The van der Waals surface area contributed by atoms with Crippen LogP contribution in [0.2, 0.25) is 0 Å². The lowest BCUT2D eigenvalue weighted by molar-refractivity contribution is -0.140. The van der Waals surface area contributed by atoms with Crippen LogP contribution in [0.5, 0.6) is 0 Å². The highest BCUT2D eigenvalue weighted by Gasteiger charge is 2.50. The molecule has 2 rings (SSSR count). The van der Waals surface area contributed by atoms with Gasteiger partial charge in [0.25, 0.3) is 0 Å². The molecular weight excluding hydrogens is 212 g/mol. The summed E-state index contributed by atoms with van der Waals surface area (Å²) in [7, 11) is 0. The van der Waals surface area contributed by atoms with Crippen molar-refractivity contribution in [2.45, 2.75) is 52.1 Å². The Morgan fingerprint density at radius 1 is 1.47 bits per heavy atom. The quantitative estimate of drug-likeness (QED) is 0.711. The normalized spacial score (nSPS) is 46.5. The summed E-state index contributed by atoms with van der Waals surface area (Å²) >= 11 is 0. The first-order chi connectivity index (χ1) is 7.83. The molecule has 2 heteroatoms. The first-order valence-corrected chi connectivity index (χ1v) is 6.73. The molecular formula is C15H24O2. The molecule has 2 fully saturated rings. The van der Waals surface area contributed by atoms with Crippen LogP contribution in [-0.4, -0.2) is 16.5 Å². The topological polar surface area (TPSA) is 37.3 Å². The largest absolute Gasteiger partial charge is 0.389 e. The van der Waals surface area contributed by atoms with Crippen molar-refractivity contribution in [1.82, 2.24) is 0 Å². The second kappa shape index (κ2) is 4.24. The zero-order valence-electron chi connectivity index (χ0n) is 11.2. The lowest BCUT2D eigenvalue weighted by Gasteiger charge is -2.50. The first kappa shape index (κ1) is 12.8. The molecule has 1 N–H and O–H groups in total. The van der Waals surface area contributed by atoms with Gasteiger partial charge in [-0.15, -0.1) is 0 Å². The van der Waals surface area contributed by atoms with E-state index in [0.717, 1.165) is 18.4 Å². The number of fused-ring (bicyclic) bond motifs is 1. The molecule has 0 aromatic heterocycles. The van der Waals surface area contributed by atoms with E-state index >= 15 is 0 Å². The summed E-state index contributed by atoms with van der Waals surface area (Å²) in [5.74, 6) is 1.39. The van der Waals surface area contributed by atoms with E-state index in [-0.39, 0.29) is 11.7 Å². The standard InChI is InChI=1S/C15H24O2/c1-9-5-6-12-10(2)8-15(4,17)14(11(3)16)13(12)7-9/h9,12-14,17H,2,5-8H2,1,3-4H3/t9-,12+,13-,14+,15-/m1/s1. The maximum Gasteiger partial charge on any atom is 0.136 e. The van der Waals surface area contributed by atoms with E-state index in [2.05, 4.69) is 13.5 Å². The Kier molecular flexibility index (Phi) is 3.19. The van der Waals surface area contributed by atoms with Crippen LogP contribution in [0.3, 0.4) is 0 Å². The summed E-state index contributed by atoms with van der Waals surface area (Å²) in [4.78, 5) is 11.9. The average Bonchev–Trinajstić information content (AvgIpc) is 2.14. The SMILES string of the molecule is C=C1C[C@@](C)(O)[C@@H](C(C)=O)[C@@H]2C[C@H](C)CC[C@@H]12. The van der Waals surface area contributed by atoms with Crippen molar-refractivity contribution < 1.29 is 9.90 Å². The van der Waals surface area contributed by atoms with Crippen molar-refractivity contribution in [1.29, 1.82) is 0 Å². The van der Waals surface area contributed by atoms with E-state index in [1.54, 1.807) is 13.8 Å². The van der Waals surface area contributed by atoms with E-state index < -0.39 is 5.60 Å². The molecule has 96 valence electrons. The Balaban J connectivity index is 2.33. The van der Waals surface area contributed by atoms with Crippen molar-refractivity contribution >= 4 is 5.78 Å². The predicted octanol–water partition coefficient (Wildman–Crippen LogP) is 2.95. The summed E-state index contributed by atoms with van der Waals surface area (Å²) < 4.78 is 0. The highest BCUT2D eigenvalue weighted by molar-refractivity contribution is 5.80. The molecule has 0 radical (unpaired) electrons. The van der Waals surface area contributed by atoms with Gasteiger partial charge >= 0.3 is 0 Å². The zero-order valence-corrected chi connectivity index (χ0v) is 11.2. The van der Waals surface area contributed by atoms with Crippen molar-refractivity contribution in [2.75, 3.05) is 0 Å². The molecule has 0 aromatic rings. The van der Waals surface area contributed by atoms with Crippen LogP contribution in [0.25, 0.3) is 0 Å². The van der Waals surface area contributed by atoms with Gasteiger partial charge in [-0.3, -0.25) is 4.79 Å². The number of Topliss-reactive ketones (excluding diaryl/α,β-unsaturated/α-hetero) is 1. The van der Waals surface area contributed by atoms with Gasteiger partial charge in [0.15, 0.2) is 0 Å². The van der Waals surface area contributed by atoms with Crippen LogP contribution in [0.4, 0.5) is 0 Å². The fourth-order valence-corrected chi connectivity index (χ4v) is 4.20. The maximum atomic E-state index is 11.9. The van der Waals surface area contributed by atoms with Gasteiger partial charge in [-0.2, -0.15) is 0 Å². The fraction of sp³-hybridized carbons (Fsp3) is 0.800. The van der Waals surface area contributed by atoms with Gasteiger partial charge in [0.2, 0.25) is 0 Å². The second-order valence-electron chi connectivity index (χ2n) is 6.47. The lowest BCUT2D eigenvalue weighted by Crippen LogP contribution is -2.52. The van der Waals surface area contributed by atoms with Gasteiger partial charge in [0.1, 0.15) is 5.78 Å². The van der Waals surface area contributed by atoms with Gasteiger partial charge in [0, 0.05) is 5.92 Å². The van der Waals surface area contributed by atoms with E-state index in [9.17, 15) is 9.90 Å². The van der Waals surface area contributed by atoms with Crippen molar-refractivity contribution in [3.05, 3.63) is 12.2 Å². The smallest absolute Gasteiger partial charge is 0.136 e. The van der Waals surface area contributed by atoms with E-state index in [0.29, 0.717) is 24.2 Å². The van der Waals surface area contributed by atoms with E-state index in [1.165, 1.54) is 6.42 Å². The number of carbonyl (C=O) groups excluding carboxylic acids is 1. The average molecular weight is 236 g/mol. The van der Waals surface area contributed by atoms with E-state index in [1.807, 2.05) is 0 Å². The molecule has 0 saturated heterocycles. The molecule has 2 saturated carbocycles. The Bertz CT molecular complexity index is 343. The van der Waals surface area contributed by atoms with E-state index in [4.69, 9.17) is 0 Å². The molecule has 0 bridgehead atoms. The molecule has 0 aromatic carbocycles. The number of hydrogen-bond donors (Lipinski definition) is 1. The molecule has 5 atom stereocenters. The molecule has 0 aliphatic heterocycles. The minimum Gasteiger partial charge on any atom is -0.389 e. The first-order valence-electron chi connectivity index (χ1n) is 6.73. The molecule has 0 heterocycles. The molecule has 2 nitrogen and oxygen atoms in total. The van der Waals surface area contributed by atoms with Crippen LogP contribution in [-0.2, 0) is 4.79 Å². The highest BCUT2D eigenvalue weighted by Crippen LogP contribution is 2.51. The van der Waals surface area contributed by atoms with Crippen molar-refractivity contribution in [2.24, 2.45) is 23.7 Å². The van der Waals surface area contributed by atoms with Crippen LogP contribution < -0.4 is 0 Å². The minimum atomic E-state index is -0.888. The minimum absolute atomic E-state index is 0.145. The molecule has 2 aliphatic carbocycles. The van der Waals surface area contributed by atoms with Crippen LogP contribution in [0, 0.1) is 23.7 Å². The monoisotopic (exact) mass is 236 g/mol. The fourth-order valence-electron chi connectivity index (χ4n) is 4.20. The van der Waals surface area contributed by atoms with Gasteiger partial charge in [0.05, 0.1) is 5.60 Å². The third-order valence-corrected chi connectivity index (χ3v) is 4.81. The predicted molar refractivity (Wildman–Crippen MR) is 68.5 cm³/mol. The number of rotatable bonds is 1. The van der Waals surface area contributed by atoms with Crippen LogP contribution in [0.15, 0.2) is 12.2 Å². The van der Waals surface area contributed by atoms with Gasteiger partial charge < -0.3 is 5.11 Å². The second-order valence-corrected chi connectivity index (χ2v) is 6.47. The molecule has 0 unspecified atom stereocenters. The van der Waals surface area contributed by atoms with Crippen molar-refractivity contribution in [3.8, 4) is 0 Å². The summed E-state index contributed by atoms with van der Waals surface area (Å²) in [6, 6.07) is 0. The van der Waals surface area contributed by atoms with Gasteiger partial charge in [-0.05, 0) is 50.9 Å². The number of hydrogen-bond acceptors (Lipinski definition) is 2. The van der Waals surface area contributed by atoms with Gasteiger partial charge in [-0.1, -0.05) is 25.5 Å². The summed E-state index contributed by atoms with van der Waals surface area (Å²) in [6.07, 6.45) is 4.02. The molecule has 0 spiro atoms.